The Balaban J connectivity index is 0.00000420. The second-order valence-corrected chi connectivity index (χ2v) is 10.5. The summed E-state index contributed by atoms with van der Waals surface area (Å²) in [5.41, 5.74) is 5.81. The predicted octanol–water partition coefficient (Wildman–Crippen LogP) is 5.94. The van der Waals surface area contributed by atoms with Crippen molar-refractivity contribution in [2.24, 2.45) is 5.92 Å². The van der Waals surface area contributed by atoms with Crippen LogP contribution in [0.5, 0.6) is 0 Å². The summed E-state index contributed by atoms with van der Waals surface area (Å²) in [5, 5.41) is 0. The molecular weight excluding hydrogens is 352 g/mol. The summed E-state index contributed by atoms with van der Waals surface area (Å²) in [4.78, 5) is 0. The van der Waals surface area contributed by atoms with Gasteiger partial charge in [0.25, 0.3) is 0 Å². The molecule has 0 radical (unpaired) electrons. The van der Waals surface area contributed by atoms with Gasteiger partial charge >= 0.3 is 0 Å². The third-order valence-corrected chi connectivity index (χ3v) is 5.30. The molecule has 0 saturated heterocycles. The molecule has 2 aromatic rings. The summed E-state index contributed by atoms with van der Waals surface area (Å²) < 4.78 is 1.95. The van der Waals surface area contributed by atoms with E-state index in [1.165, 1.54) is 47.9 Å². The van der Waals surface area contributed by atoms with Crippen molar-refractivity contribution < 1.29 is 8.97 Å². The quantitative estimate of drug-likeness (QED) is 0.435. The number of hydrogen-bond donors (Lipinski definition) is 0. The fourth-order valence-corrected chi connectivity index (χ4v) is 3.84. The van der Waals surface area contributed by atoms with E-state index in [-0.39, 0.29) is 7.43 Å². The molecule has 2 heteroatoms. The number of hydrogen-bond acceptors (Lipinski definition) is 0. The van der Waals surface area contributed by atoms with Gasteiger partial charge in [0.05, 0.1) is 42.3 Å². The number of benzene rings is 2. The Bertz CT molecular complexity index is 700. The van der Waals surface area contributed by atoms with Crippen LogP contribution in [0, 0.1) is 5.92 Å². The molecule has 29 heavy (non-hydrogen) atoms. The van der Waals surface area contributed by atoms with E-state index >= 15 is 0 Å². The monoisotopic (exact) mass is 398 g/mol. The number of nitrogens with zero attached hydrogens (tertiary/aromatic N) is 2. The lowest BCUT2D eigenvalue weighted by molar-refractivity contribution is -0.884. The van der Waals surface area contributed by atoms with Gasteiger partial charge in [0.1, 0.15) is 13.1 Å². The van der Waals surface area contributed by atoms with Gasteiger partial charge in [-0.3, -0.25) is 0 Å². The third-order valence-electron chi connectivity index (χ3n) is 5.30. The van der Waals surface area contributed by atoms with Crippen LogP contribution in [0.2, 0.25) is 0 Å². The van der Waals surface area contributed by atoms with Crippen LogP contribution in [-0.2, 0) is 25.9 Å². The van der Waals surface area contributed by atoms with Crippen molar-refractivity contribution in [2.75, 3.05) is 42.3 Å². The average molecular weight is 399 g/mol. The first-order valence-corrected chi connectivity index (χ1v) is 10.8. The van der Waals surface area contributed by atoms with Gasteiger partial charge < -0.3 is 8.97 Å². The molecule has 0 heterocycles. The van der Waals surface area contributed by atoms with Crippen molar-refractivity contribution in [1.82, 2.24) is 0 Å². The van der Waals surface area contributed by atoms with E-state index in [1.54, 1.807) is 0 Å². The highest BCUT2D eigenvalue weighted by Gasteiger charge is 2.12. The number of quaternary nitrogens is 2. The molecule has 1 atom stereocenters. The molecule has 0 fully saturated rings. The zero-order chi connectivity index (χ0) is 20.8. The highest BCUT2D eigenvalue weighted by molar-refractivity contribution is 5.23. The van der Waals surface area contributed by atoms with Crippen molar-refractivity contribution in [3.8, 4) is 0 Å². The van der Waals surface area contributed by atoms with Crippen LogP contribution < -0.4 is 0 Å². The SMILES string of the molecule is C.CCC(CCc1ccc(C[N+](C)(C)C)cc1)Cc1ccc(C[N+](C)(C)C)cc1. The highest BCUT2D eigenvalue weighted by atomic mass is 15.3. The standard InChI is InChI=1S/C26H42N2.CH4/c1-8-22(19-24-13-17-26(18-14-24)21-28(5,6)7)9-10-23-11-15-25(16-12-23)20-27(2,3)4;/h11-18,22H,8-10,19-21H2,1-7H3;1H4/q+2;. The molecule has 162 valence electrons. The molecule has 2 nitrogen and oxygen atoms in total. The number of aryl methyl sites for hydroxylation is 1. The van der Waals surface area contributed by atoms with Crippen LogP contribution >= 0.6 is 0 Å². The Kier molecular flexibility index (Phi) is 9.58. The Morgan fingerprint density at radius 1 is 0.621 bits per heavy atom. The van der Waals surface area contributed by atoms with Crippen LogP contribution in [0.1, 0.15) is 49.4 Å². The second-order valence-electron chi connectivity index (χ2n) is 10.5. The Hall–Kier alpha value is -1.64. The molecule has 0 aliphatic carbocycles. The largest absolute Gasteiger partial charge is 0.327 e. The van der Waals surface area contributed by atoms with E-state index in [4.69, 9.17) is 0 Å². The van der Waals surface area contributed by atoms with Gasteiger partial charge in [-0.05, 0) is 36.3 Å². The van der Waals surface area contributed by atoms with Crippen molar-refractivity contribution in [2.45, 2.75) is 53.1 Å². The minimum atomic E-state index is 0. The maximum atomic E-state index is 2.34. The molecule has 2 aromatic carbocycles. The molecule has 0 saturated carbocycles. The first-order valence-electron chi connectivity index (χ1n) is 10.8. The van der Waals surface area contributed by atoms with Crippen molar-refractivity contribution in [3.05, 3.63) is 70.8 Å². The van der Waals surface area contributed by atoms with Gasteiger partial charge in [-0.1, -0.05) is 69.3 Å². The van der Waals surface area contributed by atoms with Gasteiger partial charge in [0.2, 0.25) is 0 Å². The topological polar surface area (TPSA) is 0 Å². The van der Waals surface area contributed by atoms with Gasteiger partial charge in [-0.15, -0.1) is 0 Å². The van der Waals surface area contributed by atoms with Gasteiger partial charge in [0, 0.05) is 11.1 Å². The van der Waals surface area contributed by atoms with Crippen molar-refractivity contribution >= 4 is 0 Å². The molecule has 0 spiro atoms. The van der Waals surface area contributed by atoms with Crippen LogP contribution in [-0.4, -0.2) is 51.3 Å². The highest BCUT2D eigenvalue weighted by Crippen LogP contribution is 2.20. The molecule has 0 N–H and O–H groups in total. The van der Waals surface area contributed by atoms with E-state index in [2.05, 4.69) is 97.7 Å². The van der Waals surface area contributed by atoms with E-state index in [9.17, 15) is 0 Å². The number of rotatable bonds is 10. The maximum Gasteiger partial charge on any atom is 0.104 e. The molecule has 0 aliphatic heterocycles. The smallest absolute Gasteiger partial charge is 0.104 e. The zero-order valence-corrected chi connectivity index (χ0v) is 19.3. The average Bonchev–Trinajstić information content (AvgIpc) is 2.59. The van der Waals surface area contributed by atoms with Gasteiger partial charge in [0.15, 0.2) is 0 Å². The third kappa shape index (κ3) is 10.1. The van der Waals surface area contributed by atoms with Gasteiger partial charge in [-0.25, -0.2) is 0 Å². The minimum Gasteiger partial charge on any atom is -0.327 e. The van der Waals surface area contributed by atoms with E-state index in [0.29, 0.717) is 0 Å². The van der Waals surface area contributed by atoms with Crippen LogP contribution in [0.15, 0.2) is 48.5 Å². The fraction of sp³-hybridized carbons (Fsp3) is 0.556. The first kappa shape index (κ1) is 25.4. The van der Waals surface area contributed by atoms with Crippen LogP contribution in [0.3, 0.4) is 0 Å². The lowest BCUT2D eigenvalue weighted by Crippen LogP contribution is -2.33. The van der Waals surface area contributed by atoms with E-state index < -0.39 is 0 Å². The normalized spacial score (nSPS) is 13.1. The molecule has 0 bridgehead atoms. The Morgan fingerprint density at radius 3 is 1.38 bits per heavy atom. The van der Waals surface area contributed by atoms with E-state index in [0.717, 1.165) is 28.0 Å². The lowest BCUT2D eigenvalue weighted by atomic mass is 9.90. The minimum absolute atomic E-state index is 0. The van der Waals surface area contributed by atoms with Crippen LogP contribution in [0.4, 0.5) is 0 Å². The fourth-order valence-electron chi connectivity index (χ4n) is 3.84. The molecule has 0 aromatic heterocycles. The lowest BCUT2D eigenvalue weighted by Gasteiger charge is -2.24. The Morgan fingerprint density at radius 2 is 1.00 bits per heavy atom. The van der Waals surface area contributed by atoms with Crippen molar-refractivity contribution in [1.29, 1.82) is 0 Å². The molecular formula is C27H46N2+2. The van der Waals surface area contributed by atoms with E-state index in [1.807, 2.05) is 0 Å². The Labute approximate surface area is 181 Å². The maximum absolute atomic E-state index is 2.34. The molecule has 1 unspecified atom stereocenters. The summed E-state index contributed by atoms with van der Waals surface area (Å²) in [7, 11) is 13.5. The van der Waals surface area contributed by atoms with Crippen molar-refractivity contribution in [3.63, 3.8) is 0 Å². The summed E-state index contributed by atoms with van der Waals surface area (Å²) in [6, 6.07) is 18.6. The van der Waals surface area contributed by atoms with Gasteiger partial charge in [-0.2, -0.15) is 0 Å². The summed E-state index contributed by atoms with van der Waals surface area (Å²) >= 11 is 0. The first-order chi connectivity index (χ1) is 13.0. The molecule has 2 rings (SSSR count). The summed E-state index contributed by atoms with van der Waals surface area (Å²) in [5.74, 6) is 0.759. The van der Waals surface area contributed by atoms with Crippen LogP contribution in [0.25, 0.3) is 0 Å². The summed E-state index contributed by atoms with van der Waals surface area (Å²) in [6.45, 7) is 4.50. The summed E-state index contributed by atoms with van der Waals surface area (Å²) in [6.07, 6.45) is 4.90. The molecule has 0 aliphatic rings. The second kappa shape index (κ2) is 10.9. The zero-order valence-electron chi connectivity index (χ0n) is 19.3. The predicted molar refractivity (Wildman–Crippen MR) is 129 cm³/mol. The molecule has 0 amide bonds.